The zero-order valence-corrected chi connectivity index (χ0v) is 19.1. The third-order valence-corrected chi connectivity index (χ3v) is 9.81. The quantitative estimate of drug-likeness (QED) is 0.203. The fraction of sp³-hybridized carbons (Fsp3) is 0.760. The molecule has 6 N–H and O–H groups in total. The van der Waals surface area contributed by atoms with Gasteiger partial charge in [-0.3, -0.25) is 5.41 Å². The number of hydrogen-bond acceptors (Lipinski definition) is 4. The number of rotatable bonds is 4. The van der Waals surface area contributed by atoms with E-state index in [9.17, 15) is 10.2 Å². The van der Waals surface area contributed by atoms with Crippen molar-refractivity contribution in [3.05, 3.63) is 24.3 Å². The largest absolute Gasteiger partial charge is 0.393 e. The number of nitrogens with two attached hydrogens (primary N) is 1. The van der Waals surface area contributed by atoms with Gasteiger partial charge in [-0.1, -0.05) is 32.1 Å². The van der Waals surface area contributed by atoms with E-state index < -0.39 is 5.60 Å². The average Bonchev–Trinajstić information content (AvgIpc) is 2.99. The molecule has 4 rings (SSSR count). The van der Waals surface area contributed by atoms with Crippen LogP contribution in [0.4, 0.5) is 0 Å². The molecule has 0 aromatic rings. The van der Waals surface area contributed by atoms with Crippen molar-refractivity contribution in [2.45, 2.75) is 83.3 Å². The summed E-state index contributed by atoms with van der Waals surface area (Å²) in [6, 6.07) is 0. The topological polar surface area (TPSA) is 115 Å². The molecule has 4 fully saturated rings. The normalized spacial score (nSPS) is 47.4. The van der Waals surface area contributed by atoms with Crippen molar-refractivity contribution >= 4 is 12.2 Å². The van der Waals surface area contributed by atoms with Gasteiger partial charge in [0, 0.05) is 11.6 Å². The summed E-state index contributed by atoms with van der Waals surface area (Å²) >= 11 is 0. The minimum absolute atomic E-state index is 0.0693. The lowest BCUT2D eigenvalue weighted by atomic mass is 9.43. The SMILES string of the molecule is C[C@]12CC[C@H](O)C[C@H]1CC[C@@H]1[C@@H]2CC[C@]2(C)[C@@H](/C=C/C=C/C=N/NC(=N)N)CC[C@]12O. The third kappa shape index (κ3) is 3.76. The fourth-order valence-corrected chi connectivity index (χ4v) is 8.01. The first-order valence-electron chi connectivity index (χ1n) is 12.1. The fourth-order valence-electron chi connectivity index (χ4n) is 8.01. The lowest BCUT2D eigenvalue weighted by Gasteiger charge is -2.63. The molecule has 0 unspecified atom stereocenters. The summed E-state index contributed by atoms with van der Waals surface area (Å²) in [5.74, 6) is 1.80. The van der Waals surface area contributed by atoms with Crippen molar-refractivity contribution in [2.75, 3.05) is 0 Å². The summed E-state index contributed by atoms with van der Waals surface area (Å²) in [5, 5.41) is 33.3. The van der Waals surface area contributed by atoms with Crippen molar-refractivity contribution in [3.8, 4) is 0 Å². The van der Waals surface area contributed by atoms with E-state index in [1.807, 2.05) is 12.2 Å². The predicted octanol–water partition coefficient (Wildman–Crippen LogP) is 3.70. The second kappa shape index (κ2) is 8.36. The molecule has 0 spiro atoms. The Hall–Kier alpha value is -1.66. The molecule has 172 valence electrons. The minimum Gasteiger partial charge on any atom is -0.393 e. The molecular weight excluding hydrogens is 388 g/mol. The van der Waals surface area contributed by atoms with Gasteiger partial charge in [0.1, 0.15) is 0 Å². The zero-order valence-electron chi connectivity index (χ0n) is 19.1. The van der Waals surface area contributed by atoms with Crippen LogP contribution in [0.15, 0.2) is 29.4 Å². The molecule has 4 aliphatic rings. The number of nitrogens with zero attached hydrogens (tertiary/aromatic N) is 1. The highest BCUT2D eigenvalue weighted by molar-refractivity contribution is 5.77. The van der Waals surface area contributed by atoms with Gasteiger partial charge in [0.25, 0.3) is 0 Å². The molecule has 0 bridgehead atoms. The molecule has 0 aromatic carbocycles. The van der Waals surface area contributed by atoms with Crippen LogP contribution >= 0.6 is 0 Å². The molecule has 31 heavy (non-hydrogen) atoms. The first kappa shape index (κ1) is 22.5. The third-order valence-electron chi connectivity index (χ3n) is 9.81. The first-order chi connectivity index (χ1) is 14.7. The average molecular weight is 429 g/mol. The van der Waals surface area contributed by atoms with Gasteiger partial charge in [0.15, 0.2) is 0 Å². The summed E-state index contributed by atoms with van der Waals surface area (Å²) in [6.07, 6.45) is 19.0. The molecule has 8 atom stereocenters. The summed E-state index contributed by atoms with van der Waals surface area (Å²) in [7, 11) is 0. The van der Waals surface area contributed by atoms with Crippen LogP contribution in [0.5, 0.6) is 0 Å². The summed E-state index contributed by atoms with van der Waals surface area (Å²) in [4.78, 5) is 0. The van der Waals surface area contributed by atoms with Gasteiger partial charge in [-0.2, -0.15) is 5.10 Å². The van der Waals surface area contributed by atoms with E-state index in [0.29, 0.717) is 23.7 Å². The highest BCUT2D eigenvalue weighted by atomic mass is 16.3. The van der Waals surface area contributed by atoms with Gasteiger partial charge in [0.05, 0.1) is 11.7 Å². The van der Waals surface area contributed by atoms with E-state index in [0.717, 1.165) is 51.4 Å². The van der Waals surface area contributed by atoms with Crippen LogP contribution in [-0.4, -0.2) is 34.1 Å². The highest BCUT2D eigenvalue weighted by Gasteiger charge is 2.66. The smallest absolute Gasteiger partial charge is 0.206 e. The molecule has 4 saturated carbocycles. The van der Waals surface area contributed by atoms with Crippen molar-refractivity contribution in [1.82, 2.24) is 5.43 Å². The van der Waals surface area contributed by atoms with E-state index >= 15 is 0 Å². The van der Waals surface area contributed by atoms with E-state index in [1.54, 1.807) is 6.21 Å². The Balaban J connectivity index is 1.47. The Morgan fingerprint density at radius 2 is 1.84 bits per heavy atom. The number of hydrazone groups is 1. The maximum Gasteiger partial charge on any atom is 0.206 e. The summed E-state index contributed by atoms with van der Waals surface area (Å²) in [6.45, 7) is 4.79. The Morgan fingerprint density at radius 3 is 2.61 bits per heavy atom. The number of allylic oxidation sites excluding steroid dienone is 4. The second-order valence-corrected chi connectivity index (χ2v) is 11.0. The first-order valence-corrected chi connectivity index (χ1v) is 12.1. The van der Waals surface area contributed by atoms with Crippen molar-refractivity contribution in [1.29, 1.82) is 5.41 Å². The van der Waals surface area contributed by atoms with Crippen LogP contribution < -0.4 is 11.2 Å². The van der Waals surface area contributed by atoms with E-state index in [2.05, 4.69) is 36.5 Å². The molecule has 4 aliphatic carbocycles. The molecule has 0 radical (unpaired) electrons. The number of guanidine groups is 1. The van der Waals surface area contributed by atoms with Crippen molar-refractivity contribution in [2.24, 2.45) is 45.3 Å². The Morgan fingerprint density at radius 1 is 1.03 bits per heavy atom. The van der Waals surface area contributed by atoms with E-state index in [-0.39, 0.29) is 22.9 Å². The van der Waals surface area contributed by atoms with Crippen LogP contribution in [0.25, 0.3) is 0 Å². The molecular formula is C25H40N4O2. The standard InChI is InChI=1S/C25H40N4O2/c1-23-12-10-19(30)16-18(23)7-8-21-20(23)11-13-24(2)17(9-14-25(21,24)31)6-4-3-5-15-28-29-22(26)27/h3-6,15,17-21,30-31H,7-14,16H2,1-2H3,(H4,26,27,29)/b5-3+,6-4+,28-15+/t17-,18+,19-,20-,21+,23-,24+,25-/m0/s1. The van der Waals surface area contributed by atoms with Crippen molar-refractivity contribution < 1.29 is 10.2 Å². The number of aliphatic hydroxyl groups is 2. The molecule has 6 nitrogen and oxygen atoms in total. The number of nitrogens with one attached hydrogen (secondary N) is 2. The van der Waals surface area contributed by atoms with Crippen LogP contribution in [0.3, 0.4) is 0 Å². The number of aliphatic hydroxyl groups excluding tert-OH is 1. The number of hydrogen-bond donors (Lipinski definition) is 5. The van der Waals surface area contributed by atoms with E-state index in [4.69, 9.17) is 11.1 Å². The zero-order chi connectivity index (χ0) is 22.3. The van der Waals surface area contributed by atoms with Gasteiger partial charge in [-0.05, 0) is 93.0 Å². The van der Waals surface area contributed by atoms with Crippen LogP contribution in [0, 0.1) is 39.9 Å². The summed E-state index contributed by atoms with van der Waals surface area (Å²) in [5.41, 5.74) is 7.21. The minimum atomic E-state index is -0.578. The summed E-state index contributed by atoms with van der Waals surface area (Å²) < 4.78 is 0. The Labute approximate surface area is 186 Å². The maximum atomic E-state index is 12.2. The second-order valence-electron chi connectivity index (χ2n) is 11.0. The monoisotopic (exact) mass is 428 g/mol. The van der Waals surface area contributed by atoms with Crippen molar-refractivity contribution in [3.63, 3.8) is 0 Å². The Bertz CT molecular complexity index is 779. The lowest BCUT2D eigenvalue weighted by Crippen LogP contribution is -2.62. The molecule has 0 aliphatic heterocycles. The van der Waals surface area contributed by atoms with Gasteiger partial charge >= 0.3 is 0 Å². The van der Waals surface area contributed by atoms with Crippen LogP contribution in [-0.2, 0) is 0 Å². The Kier molecular flexibility index (Phi) is 6.08. The number of fused-ring (bicyclic) bond motifs is 5. The molecule has 0 aromatic heterocycles. The van der Waals surface area contributed by atoms with Crippen LogP contribution in [0.2, 0.25) is 0 Å². The van der Waals surface area contributed by atoms with Gasteiger partial charge in [-0.25, -0.2) is 5.43 Å². The maximum absolute atomic E-state index is 12.2. The predicted molar refractivity (Wildman–Crippen MR) is 125 cm³/mol. The molecule has 0 saturated heterocycles. The molecule has 0 amide bonds. The van der Waals surface area contributed by atoms with Gasteiger partial charge in [0.2, 0.25) is 5.96 Å². The highest BCUT2D eigenvalue weighted by Crippen LogP contribution is 2.69. The molecule has 6 heteroatoms. The lowest BCUT2D eigenvalue weighted by molar-refractivity contribution is -0.207. The van der Waals surface area contributed by atoms with Gasteiger partial charge < -0.3 is 15.9 Å². The van der Waals surface area contributed by atoms with Crippen LogP contribution in [0.1, 0.15) is 71.6 Å². The van der Waals surface area contributed by atoms with Gasteiger partial charge in [-0.15, -0.1) is 0 Å². The van der Waals surface area contributed by atoms with E-state index in [1.165, 1.54) is 6.42 Å². The molecule has 0 heterocycles.